The molecule has 0 radical (unpaired) electrons. The quantitative estimate of drug-likeness (QED) is 0.505. The second-order valence-electron chi connectivity index (χ2n) is 6.79. The first kappa shape index (κ1) is 22.6. The molecule has 0 saturated heterocycles. The van der Waals surface area contributed by atoms with E-state index in [1.165, 1.54) is 16.9 Å². The van der Waals surface area contributed by atoms with E-state index in [4.69, 9.17) is 9.47 Å². The largest absolute Gasteiger partial charge is 0.497 e. The van der Waals surface area contributed by atoms with Gasteiger partial charge in [0.15, 0.2) is 0 Å². The van der Waals surface area contributed by atoms with Crippen LogP contribution >= 0.6 is 11.3 Å². The molecule has 0 atom stereocenters. The summed E-state index contributed by atoms with van der Waals surface area (Å²) in [6.07, 6.45) is 0.840. The molecule has 0 unspecified atom stereocenters. The third-order valence-corrected chi connectivity index (χ3v) is 5.98. The van der Waals surface area contributed by atoms with Crippen LogP contribution in [0.1, 0.15) is 29.1 Å². The molecule has 0 fully saturated rings. The van der Waals surface area contributed by atoms with Crippen molar-refractivity contribution >= 4 is 23.1 Å². The normalized spacial score (nSPS) is 10.6. The van der Waals surface area contributed by atoms with Crippen molar-refractivity contribution < 1.29 is 14.3 Å². The Morgan fingerprint density at radius 3 is 2.42 bits per heavy atom. The molecule has 31 heavy (non-hydrogen) atoms. The lowest BCUT2D eigenvalue weighted by Crippen LogP contribution is -2.29. The topological polar surface area (TPSA) is 76.6 Å². The molecule has 164 valence electrons. The van der Waals surface area contributed by atoms with Gasteiger partial charge in [0.25, 0.3) is 5.91 Å². The van der Waals surface area contributed by atoms with E-state index in [0.29, 0.717) is 30.3 Å². The maximum Gasteiger partial charge on any atom is 0.318 e. The first-order valence-corrected chi connectivity index (χ1v) is 11.1. The molecule has 0 bridgehead atoms. The molecule has 0 aliphatic carbocycles. The lowest BCUT2D eigenvalue weighted by molar-refractivity contribution is 0.0778. The van der Waals surface area contributed by atoms with Crippen molar-refractivity contribution in [1.29, 1.82) is 0 Å². The summed E-state index contributed by atoms with van der Waals surface area (Å²) in [7, 11) is 3.21. The molecule has 3 rings (SSSR count). The number of nitrogens with one attached hydrogen (secondary N) is 1. The number of methoxy groups -OCH3 is 2. The Morgan fingerprint density at radius 1 is 1.03 bits per heavy atom. The zero-order valence-corrected chi connectivity index (χ0v) is 19.2. The molecule has 0 spiro atoms. The van der Waals surface area contributed by atoms with E-state index < -0.39 is 0 Å². The van der Waals surface area contributed by atoms with Gasteiger partial charge in [-0.1, -0.05) is 12.1 Å². The molecule has 0 aliphatic heterocycles. The number of anilines is 1. The summed E-state index contributed by atoms with van der Waals surface area (Å²) in [6, 6.07) is 13.9. The predicted molar refractivity (Wildman–Crippen MR) is 124 cm³/mol. The van der Waals surface area contributed by atoms with Crippen molar-refractivity contribution in [3.63, 3.8) is 0 Å². The molecule has 1 amide bonds. The number of hydrogen-bond acceptors (Lipinski definition) is 7. The summed E-state index contributed by atoms with van der Waals surface area (Å²) in [5, 5.41) is 3.34. The molecule has 0 saturated carbocycles. The SMILES string of the molecule is CCN(CC)C(=O)c1ccc(-c2cc(NCCc3ccc(OC)cc3)nc(OC)n2)s1. The Hall–Kier alpha value is -3.13. The van der Waals surface area contributed by atoms with E-state index in [9.17, 15) is 4.79 Å². The highest BCUT2D eigenvalue weighted by molar-refractivity contribution is 7.17. The van der Waals surface area contributed by atoms with E-state index in [2.05, 4.69) is 15.3 Å². The van der Waals surface area contributed by atoms with Crippen LogP contribution in [0.25, 0.3) is 10.6 Å². The maximum atomic E-state index is 12.6. The Kier molecular flexibility index (Phi) is 7.83. The number of benzene rings is 1. The van der Waals surface area contributed by atoms with E-state index in [1.807, 2.05) is 61.2 Å². The Balaban J connectivity index is 1.72. The summed E-state index contributed by atoms with van der Waals surface area (Å²) in [5.74, 6) is 1.57. The summed E-state index contributed by atoms with van der Waals surface area (Å²) < 4.78 is 10.5. The first-order valence-electron chi connectivity index (χ1n) is 10.3. The number of carbonyl (C=O) groups is 1. The fourth-order valence-electron chi connectivity index (χ4n) is 3.12. The monoisotopic (exact) mass is 440 g/mol. The van der Waals surface area contributed by atoms with Crippen molar-refractivity contribution in [3.05, 3.63) is 52.9 Å². The third-order valence-electron chi connectivity index (χ3n) is 4.89. The number of thiophene rings is 1. The number of hydrogen-bond donors (Lipinski definition) is 1. The van der Waals surface area contributed by atoms with Crippen LogP contribution in [0, 0.1) is 0 Å². The van der Waals surface area contributed by atoms with Gasteiger partial charge in [0.1, 0.15) is 11.6 Å². The molecule has 8 heteroatoms. The van der Waals surface area contributed by atoms with Gasteiger partial charge in [-0.3, -0.25) is 4.79 Å². The molecule has 3 aromatic rings. The highest BCUT2D eigenvalue weighted by atomic mass is 32.1. The van der Waals surface area contributed by atoms with Crippen LogP contribution in [0.3, 0.4) is 0 Å². The molecule has 1 aromatic carbocycles. The van der Waals surface area contributed by atoms with Gasteiger partial charge in [0.05, 0.1) is 29.7 Å². The third kappa shape index (κ3) is 5.73. The van der Waals surface area contributed by atoms with Gasteiger partial charge in [0, 0.05) is 25.7 Å². The summed E-state index contributed by atoms with van der Waals surface area (Å²) in [6.45, 7) is 6.05. The minimum absolute atomic E-state index is 0.0418. The highest BCUT2D eigenvalue weighted by Gasteiger charge is 2.17. The Morgan fingerprint density at radius 2 is 1.77 bits per heavy atom. The van der Waals surface area contributed by atoms with Crippen LogP contribution in [-0.4, -0.2) is 54.6 Å². The minimum atomic E-state index is 0.0418. The van der Waals surface area contributed by atoms with Gasteiger partial charge >= 0.3 is 6.01 Å². The fraction of sp³-hybridized carbons (Fsp3) is 0.348. The second-order valence-corrected chi connectivity index (χ2v) is 7.88. The minimum Gasteiger partial charge on any atom is -0.497 e. The second kappa shape index (κ2) is 10.8. The van der Waals surface area contributed by atoms with Gasteiger partial charge < -0.3 is 19.7 Å². The number of ether oxygens (including phenoxy) is 2. The number of aromatic nitrogens is 2. The highest BCUT2D eigenvalue weighted by Crippen LogP contribution is 2.30. The molecule has 1 N–H and O–H groups in total. The van der Waals surface area contributed by atoms with Crippen molar-refractivity contribution in [1.82, 2.24) is 14.9 Å². The van der Waals surface area contributed by atoms with Gasteiger partial charge in [-0.2, -0.15) is 9.97 Å². The average molecular weight is 441 g/mol. The average Bonchev–Trinajstić information content (AvgIpc) is 3.30. The Bertz CT molecular complexity index is 1000. The molecule has 7 nitrogen and oxygen atoms in total. The molecular weight excluding hydrogens is 412 g/mol. The summed E-state index contributed by atoms with van der Waals surface area (Å²) >= 11 is 1.43. The van der Waals surface area contributed by atoms with E-state index in [0.717, 1.165) is 22.7 Å². The van der Waals surface area contributed by atoms with Crippen LogP contribution in [0.15, 0.2) is 42.5 Å². The lowest BCUT2D eigenvalue weighted by Gasteiger charge is -2.17. The maximum absolute atomic E-state index is 12.6. The van der Waals surface area contributed by atoms with E-state index in [1.54, 1.807) is 14.2 Å². The van der Waals surface area contributed by atoms with E-state index in [-0.39, 0.29) is 11.9 Å². The number of carbonyl (C=O) groups excluding carboxylic acids is 1. The van der Waals surface area contributed by atoms with Gasteiger partial charge in [-0.15, -0.1) is 11.3 Å². The zero-order valence-electron chi connectivity index (χ0n) is 18.3. The van der Waals surface area contributed by atoms with Crippen LogP contribution in [0.5, 0.6) is 11.8 Å². The van der Waals surface area contributed by atoms with Crippen molar-refractivity contribution in [2.24, 2.45) is 0 Å². The molecule has 2 heterocycles. The van der Waals surface area contributed by atoms with Crippen LogP contribution < -0.4 is 14.8 Å². The van der Waals surface area contributed by atoms with Crippen LogP contribution in [0.2, 0.25) is 0 Å². The summed E-state index contributed by atoms with van der Waals surface area (Å²) in [5.41, 5.74) is 1.93. The van der Waals surface area contributed by atoms with Gasteiger partial charge in [0.2, 0.25) is 0 Å². The van der Waals surface area contributed by atoms with E-state index >= 15 is 0 Å². The first-order chi connectivity index (χ1) is 15.1. The molecule has 2 aromatic heterocycles. The Labute approximate surface area is 187 Å². The van der Waals surface area contributed by atoms with Gasteiger partial charge in [-0.05, 0) is 50.1 Å². The number of rotatable bonds is 10. The van der Waals surface area contributed by atoms with Crippen molar-refractivity contribution in [2.45, 2.75) is 20.3 Å². The zero-order chi connectivity index (χ0) is 22.2. The smallest absolute Gasteiger partial charge is 0.318 e. The summed E-state index contributed by atoms with van der Waals surface area (Å²) in [4.78, 5) is 24.9. The van der Waals surface area contributed by atoms with Crippen LogP contribution in [0.4, 0.5) is 5.82 Å². The van der Waals surface area contributed by atoms with Crippen molar-refractivity contribution in [2.75, 3.05) is 39.2 Å². The van der Waals surface area contributed by atoms with Crippen LogP contribution in [-0.2, 0) is 6.42 Å². The fourth-order valence-corrected chi connectivity index (χ4v) is 4.05. The van der Waals surface area contributed by atoms with Crippen molar-refractivity contribution in [3.8, 4) is 22.3 Å². The molecule has 0 aliphatic rings. The van der Waals surface area contributed by atoms with Gasteiger partial charge in [-0.25, -0.2) is 0 Å². The number of amides is 1. The lowest BCUT2D eigenvalue weighted by atomic mass is 10.1. The predicted octanol–water partition coefficient (Wildman–Crippen LogP) is 4.36. The standard InChI is InChI=1S/C23H28N4O3S/c1-5-27(6-2)22(28)20-12-11-19(31-20)18-15-21(26-23(25-18)30-4)24-14-13-16-7-9-17(29-3)10-8-16/h7-12,15H,5-6,13-14H2,1-4H3,(H,24,25,26). The number of nitrogens with zero attached hydrogens (tertiary/aromatic N) is 3. The molecular formula is C23H28N4O3S.